The SMILES string of the molecule is Cc1c(CC(=O)O)c2cc(O)c(F)cc2n1Cc1ccc(SC(F)(F)C(F)F)cc1. The molecule has 0 saturated heterocycles. The van der Waals surface area contributed by atoms with Crippen LogP contribution in [-0.4, -0.2) is 32.4 Å². The second-order valence-corrected chi connectivity index (χ2v) is 7.87. The van der Waals surface area contributed by atoms with E-state index in [2.05, 4.69) is 0 Å². The Morgan fingerprint density at radius 2 is 1.83 bits per heavy atom. The average Bonchev–Trinajstić information content (AvgIpc) is 2.88. The molecular weight excluding hydrogens is 429 g/mol. The van der Waals surface area contributed by atoms with Crippen LogP contribution in [0.25, 0.3) is 10.9 Å². The van der Waals surface area contributed by atoms with E-state index in [0.717, 1.165) is 6.07 Å². The lowest BCUT2D eigenvalue weighted by atomic mass is 10.1. The van der Waals surface area contributed by atoms with Gasteiger partial charge >= 0.3 is 17.6 Å². The summed E-state index contributed by atoms with van der Waals surface area (Å²) in [6, 6.07) is 7.77. The maximum atomic E-state index is 13.9. The van der Waals surface area contributed by atoms with E-state index in [1.807, 2.05) is 0 Å². The second-order valence-electron chi connectivity index (χ2n) is 6.65. The molecule has 2 aromatic carbocycles. The smallest absolute Gasteiger partial charge is 0.357 e. The number of carboxylic acids is 1. The summed E-state index contributed by atoms with van der Waals surface area (Å²) in [6.45, 7) is 1.81. The van der Waals surface area contributed by atoms with Crippen LogP contribution in [0.4, 0.5) is 22.0 Å². The van der Waals surface area contributed by atoms with Gasteiger partial charge in [-0.25, -0.2) is 13.2 Å². The van der Waals surface area contributed by atoms with Crippen molar-refractivity contribution in [1.82, 2.24) is 4.57 Å². The van der Waals surface area contributed by atoms with Crippen molar-refractivity contribution >= 4 is 28.6 Å². The Morgan fingerprint density at radius 3 is 2.40 bits per heavy atom. The van der Waals surface area contributed by atoms with Crippen LogP contribution < -0.4 is 0 Å². The molecule has 10 heteroatoms. The molecule has 0 fully saturated rings. The molecule has 0 saturated carbocycles. The number of carbonyl (C=O) groups is 1. The molecule has 30 heavy (non-hydrogen) atoms. The normalized spacial score (nSPS) is 12.1. The molecule has 3 rings (SSSR count). The van der Waals surface area contributed by atoms with E-state index in [-0.39, 0.29) is 29.6 Å². The number of thioether (sulfide) groups is 1. The largest absolute Gasteiger partial charge is 0.505 e. The quantitative estimate of drug-likeness (QED) is 0.377. The van der Waals surface area contributed by atoms with Crippen molar-refractivity contribution in [2.24, 2.45) is 0 Å². The highest BCUT2D eigenvalue weighted by atomic mass is 32.2. The van der Waals surface area contributed by atoms with Gasteiger partial charge in [-0.3, -0.25) is 4.79 Å². The Balaban J connectivity index is 1.96. The van der Waals surface area contributed by atoms with Gasteiger partial charge in [0.15, 0.2) is 11.6 Å². The zero-order valence-corrected chi connectivity index (χ0v) is 16.3. The summed E-state index contributed by atoms with van der Waals surface area (Å²) in [4.78, 5) is 11.2. The zero-order chi connectivity index (χ0) is 22.2. The van der Waals surface area contributed by atoms with Gasteiger partial charge in [0.2, 0.25) is 0 Å². The van der Waals surface area contributed by atoms with Gasteiger partial charge in [-0.05, 0) is 48.0 Å². The van der Waals surface area contributed by atoms with Crippen LogP contribution in [-0.2, 0) is 17.8 Å². The van der Waals surface area contributed by atoms with Gasteiger partial charge in [0.1, 0.15) is 0 Å². The van der Waals surface area contributed by atoms with Crippen LogP contribution in [0.1, 0.15) is 16.8 Å². The summed E-state index contributed by atoms with van der Waals surface area (Å²) < 4.78 is 66.6. The lowest BCUT2D eigenvalue weighted by Gasteiger charge is -2.15. The zero-order valence-electron chi connectivity index (χ0n) is 15.5. The fraction of sp³-hybridized carbons (Fsp3) is 0.250. The summed E-state index contributed by atoms with van der Waals surface area (Å²) in [5, 5.41) is 15.0. The minimum Gasteiger partial charge on any atom is -0.505 e. The fourth-order valence-corrected chi connectivity index (χ4v) is 3.86. The van der Waals surface area contributed by atoms with Crippen LogP contribution in [0.5, 0.6) is 5.75 Å². The number of aromatic hydroxyl groups is 1. The fourth-order valence-electron chi connectivity index (χ4n) is 3.18. The Bertz CT molecular complexity index is 1100. The summed E-state index contributed by atoms with van der Waals surface area (Å²) in [6.07, 6.45) is -4.13. The number of phenolic OH excluding ortho intramolecular Hbond substituents is 1. The number of fused-ring (bicyclic) bond motifs is 1. The number of nitrogens with zero attached hydrogens (tertiary/aromatic N) is 1. The van der Waals surface area contributed by atoms with Gasteiger partial charge in [-0.15, -0.1) is 0 Å². The minimum absolute atomic E-state index is 0.0410. The minimum atomic E-state index is -4.21. The van der Waals surface area contributed by atoms with Gasteiger partial charge in [-0.2, -0.15) is 8.78 Å². The predicted molar refractivity (Wildman–Crippen MR) is 102 cm³/mol. The van der Waals surface area contributed by atoms with E-state index in [4.69, 9.17) is 0 Å². The number of halogens is 5. The predicted octanol–water partition coefficient (Wildman–Crippen LogP) is 5.42. The molecule has 3 aromatic rings. The lowest BCUT2D eigenvalue weighted by molar-refractivity contribution is -0.136. The van der Waals surface area contributed by atoms with E-state index in [9.17, 15) is 37.0 Å². The van der Waals surface area contributed by atoms with E-state index in [1.54, 1.807) is 11.5 Å². The first-order chi connectivity index (χ1) is 14.0. The maximum Gasteiger partial charge on any atom is 0.357 e. The van der Waals surface area contributed by atoms with Crippen molar-refractivity contribution in [1.29, 1.82) is 0 Å². The molecule has 4 nitrogen and oxygen atoms in total. The first-order valence-electron chi connectivity index (χ1n) is 8.65. The lowest BCUT2D eigenvalue weighted by Crippen LogP contribution is -2.21. The molecule has 0 unspecified atom stereocenters. The summed E-state index contributed by atoms with van der Waals surface area (Å²) >= 11 is -0.244. The third-order valence-corrected chi connectivity index (χ3v) is 5.58. The van der Waals surface area contributed by atoms with E-state index in [0.29, 0.717) is 27.7 Å². The van der Waals surface area contributed by atoms with Crippen molar-refractivity contribution in [3.8, 4) is 5.75 Å². The van der Waals surface area contributed by atoms with E-state index in [1.165, 1.54) is 30.3 Å². The van der Waals surface area contributed by atoms with Gasteiger partial charge < -0.3 is 14.8 Å². The molecule has 160 valence electrons. The number of hydrogen-bond acceptors (Lipinski definition) is 3. The molecule has 0 amide bonds. The monoisotopic (exact) mass is 445 g/mol. The Morgan fingerprint density at radius 1 is 1.20 bits per heavy atom. The van der Waals surface area contributed by atoms with Gasteiger partial charge in [0.25, 0.3) is 0 Å². The maximum absolute atomic E-state index is 13.9. The van der Waals surface area contributed by atoms with Crippen molar-refractivity contribution in [3.05, 3.63) is 59.0 Å². The summed E-state index contributed by atoms with van der Waals surface area (Å²) in [7, 11) is 0. The number of rotatable bonds is 7. The van der Waals surface area contributed by atoms with Gasteiger partial charge in [0, 0.05) is 28.6 Å². The molecule has 0 aliphatic carbocycles. The third-order valence-electron chi connectivity index (χ3n) is 4.62. The molecule has 0 spiro atoms. The number of aliphatic carboxylic acids is 1. The number of carboxylic acid groups (broad SMARTS) is 1. The third kappa shape index (κ3) is 4.38. The first kappa shape index (κ1) is 21.9. The van der Waals surface area contributed by atoms with E-state index < -0.39 is 29.2 Å². The molecule has 1 aromatic heterocycles. The van der Waals surface area contributed by atoms with Crippen molar-refractivity contribution in [3.63, 3.8) is 0 Å². The van der Waals surface area contributed by atoms with Crippen LogP contribution in [0.3, 0.4) is 0 Å². The highest BCUT2D eigenvalue weighted by Gasteiger charge is 2.41. The molecule has 1 heterocycles. The van der Waals surface area contributed by atoms with E-state index >= 15 is 0 Å². The molecular formula is C20H16F5NO3S. The molecule has 0 bridgehead atoms. The number of alkyl halides is 4. The van der Waals surface area contributed by atoms with Crippen LogP contribution in [0.15, 0.2) is 41.3 Å². The summed E-state index contributed by atoms with van der Waals surface area (Å²) in [5.41, 5.74) is 1.92. The number of hydrogen-bond donors (Lipinski definition) is 2. The Hall–Kier alpha value is -2.75. The first-order valence-corrected chi connectivity index (χ1v) is 9.47. The number of benzene rings is 2. The van der Waals surface area contributed by atoms with Crippen molar-refractivity contribution in [2.45, 2.75) is 36.5 Å². The van der Waals surface area contributed by atoms with Crippen molar-refractivity contribution < 1.29 is 37.0 Å². The molecule has 0 aliphatic rings. The molecule has 0 aliphatic heterocycles. The summed E-state index contributed by atoms with van der Waals surface area (Å²) in [5.74, 6) is -2.57. The van der Waals surface area contributed by atoms with Gasteiger partial charge in [-0.1, -0.05) is 12.1 Å². The number of aromatic nitrogens is 1. The highest BCUT2D eigenvalue weighted by molar-refractivity contribution is 8.00. The molecule has 0 atom stereocenters. The number of phenols is 1. The van der Waals surface area contributed by atoms with Crippen LogP contribution >= 0.6 is 11.8 Å². The second kappa shape index (κ2) is 8.17. The Labute approximate surface area is 171 Å². The van der Waals surface area contributed by atoms with Crippen LogP contribution in [0, 0.1) is 12.7 Å². The van der Waals surface area contributed by atoms with Crippen LogP contribution in [0.2, 0.25) is 0 Å². The van der Waals surface area contributed by atoms with Gasteiger partial charge in [0.05, 0.1) is 11.9 Å². The highest BCUT2D eigenvalue weighted by Crippen LogP contribution is 2.40. The van der Waals surface area contributed by atoms with Crippen molar-refractivity contribution in [2.75, 3.05) is 0 Å². The molecule has 2 N–H and O–H groups in total. The average molecular weight is 445 g/mol. The standard InChI is InChI=1S/C20H16F5NO3S/c1-10-13(7-18(28)29)14-6-17(27)15(21)8-16(14)26(10)9-11-2-4-12(5-3-11)30-20(24,25)19(22)23/h2-6,8,19,27H,7,9H2,1H3,(H,28,29). The topological polar surface area (TPSA) is 62.5 Å². The molecule has 0 radical (unpaired) electrons. The Kier molecular flexibility index (Phi) is 5.98.